The summed E-state index contributed by atoms with van der Waals surface area (Å²) in [6.45, 7) is 15.0. The van der Waals surface area contributed by atoms with Crippen LogP contribution in [0.3, 0.4) is 0 Å². The molecule has 2 aliphatic rings. The number of carbonyl (C=O) groups excluding carboxylic acids is 1. The van der Waals surface area contributed by atoms with Crippen LogP contribution >= 0.6 is 0 Å². The maximum atomic E-state index is 13.6. The van der Waals surface area contributed by atoms with Crippen LogP contribution in [0.4, 0.5) is 0 Å². The minimum atomic E-state index is -3.67. The largest absolute Gasteiger partial charge is 0.340 e. The second-order valence-corrected chi connectivity index (χ2v) is 12.2. The quantitative estimate of drug-likeness (QED) is 0.591. The fraction of sp³-hybridized carbons (Fsp3) is 0.720. The zero-order valence-electron chi connectivity index (χ0n) is 20.8. The van der Waals surface area contributed by atoms with E-state index in [0.717, 1.165) is 31.7 Å². The molecule has 2 saturated heterocycles. The summed E-state index contributed by atoms with van der Waals surface area (Å²) in [4.78, 5) is 17.3. The van der Waals surface area contributed by atoms with Crippen molar-refractivity contribution < 1.29 is 13.2 Å². The van der Waals surface area contributed by atoms with Crippen LogP contribution in [0.15, 0.2) is 29.2 Å². The Labute approximate surface area is 200 Å². The van der Waals surface area contributed by atoms with E-state index in [0.29, 0.717) is 48.8 Å². The number of hydrogen-bond acceptors (Lipinski definition) is 5. The Hall–Kier alpha value is -1.48. The van der Waals surface area contributed by atoms with E-state index >= 15 is 0 Å². The molecule has 1 N–H and O–H groups in total. The third kappa shape index (κ3) is 7.25. The zero-order valence-corrected chi connectivity index (χ0v) is 21.6. The molecule has 0 unspecified atom stereocenters. The summed E-state index contributed by atoms with van der Waals surface area (Å²) in [5.41, 5.74) is 1.12. The third-order valence-electron chi connectivity index (χ3n) is 6.84. The Morgan fingerprint density at radius 1 is 1.06 bits per heavy atom. The molecule has 3 rings (SSSR count). The minimum absolute atomic E-state index is 0.0343. The summed E-state index contributed by atoms with van der Waals surface area (Å²) in [5, 5.41) is 3.25. The summed E-state index contributed by atoms with van der Waals surface area (Å²) >= 11 is 0. The van der Waals surface area contributed by atoms with E-state index in [1.165, 1.54) is 10.7 Å². The van der Waals surface area contributed by atoms with Gasteiger partial charge in [-0.15, -0.1) is 0 Å². The van der Waals surface area contributed by atoms with E-state index in [9.17, 15) is 13.2 Å². The maximum absolute atomic E-state index is 13.6. The van der Waals surface area contributed by atoms with Crippen molar-refractivity contribution in [3.63, 3.8) is 0 Å². The molecule has 7 nitrogen and oxygen atoms in total. The van der Waals surface area contributed by atoms with Crippen molar-refractivity contribution in [1.82, 2.24) is 19.4 Å². The van der Waals surface area contributed by atoms with Crippen molar-refractivity contribution >= 4 is 15.9 Å². The molecule has 33 heavy (non-hydrogen) atoms. The Morgan fingerprint density at radius 2 is 1.67 bits per heavy atom. The molecule has 2 fully saturated rings. The molecule has 1 aromatic carbocycles. The van der Waals surface area contributed by atoms with E-state index in [-0.39, 0.29) is 18.9 Å². The lowest BCUT2D eigenvalue weighted by atomic mass is 9.92. The molecule has 0 saturated carbocycles. The number of carbonyl (C=O) groups is 1. The lowest BCUT2D eigenvalue weighted by molar-refractivity contribution is -0.131. The highest BCUT2D eigenvalue weighted by Gasteiger charge is 2.28. The monoisotopic (exact) mass is 478 g/mol. The summed E-state index contributed by atoms with van der Waals surface area (Å²) in [5.74, 6) is 1.62. The predicted molar refractivity (Wildman–Crippen MR) is 133 cm³/mol. The van der Waals surface area contributed by atoms with Crippen LogP contribution in [-0.2, 0) is 14.8 Å². The first-order valence-corrected chi connectivity index (χ1v) is 13.9. The van der Waals surface area contributed by atoms with Gasteiger partial charge in [0.05, 0.1) is 4.90 Å². The number of piperazine rings is 1. The van der Waals surface area contributed by atoms with Gasteiger partial charge in [-0.3, -0.25) is 4.79 Å². The van der Waals surface area contributed by atoms with E-state index in [1.54, 1.807) is 12.1 Å². The second kappa shape index (κ2) is 11.8. The zero-order chi connectivity index (χ0) is 24.0. The van der Waals surface area contributed by atoms with Crippen LogP contribution in [0, 0.1) is 11.8 Å². The summed E-state index contributed by atoms with van der Waals surface area (Å²) < 4.78 is 28.7. The predicted octanol–water partition coefficient (Wildman–Crippen LogP) is 2.60. The van der Waals surface area contributed by atoms with Crippen molar-refractivity contribution in [3.8, 4) is 0 Å². The molecule has 8 heteroatoms. The van der Waals surface area contributed by atoms with Gasteiger partial charge in [0.15, 0.2) is 0 Å². The standard InChI is InChI=1S/C25H42N4O3S/c1-20(2)23-5-7-24(8-6-23)33(31,32)29(12-9-25(30)28-13-10-26-11-14-28)16-15-27-18-21(3)17-22(4)19-27/h5-8,20-22,26H,9-19H2,1-4H3/t21-,22+. The Balaban J connectivity index is 1.72. The first-order valence-electron chi connectivity index (χ1n) is 12.5. The van der Waals surface area contributed by atoms with Gasteiger partial charge in [0.1, 0.15) is 0 Å². The Morgan fingerprint density at radius 3 is 2.24 bits per heavy atom. The van der Waals surface area contributed by atoms with Gasteiger partial charge < -0.3 is 15.1 Å². The van der Waals surface area contributed by atoms with Gasteiger partial charge in [0.25, 0.3) is 0 Å². The maximum Gasteiger partial charge on any atom is 0.243 e. The van der Waals surface area contributed by atoms with Gasteiger partial charge in [-0.2, -0.15) is 4.31 Å². The third-order valence-corrected chi connectivity index (χ3v) is 8.75. The smallest absolute Gasteiger partial charge is 0.243 e. The van der Waals surface area contributed by atoms with Crippen molar-refractivity contribution in [3.05, 3.63) is 29.8 Å². The molecular weight excluding hydrogens is 436 g/mol. The SMILES string of the molecule is CC(C)c1ccc(S(=O)(=O)N(CCC(=O)N2CCNCC2)CCN2C[C@H](C)C[C@H](C)C2)cc1. The molecule has 2 heterocycles. The molecule has 2 atom stereocenters. The number of benzene rings is 1. The van der Waals surface area contributed by atoms with Crippen molar-refractivity contribution in [2.24, 2.45) is 11.8 Å². The van der Waals surface area contributed by atoms with Crippen LogP contribution in [-0.4, -0.2) is 87.3 Å². The average Bonchev–Trinajstić information content (AvgIpc) is 2.78. The number of hydrogen-bond donors (Lipinski definition) is 1. The highest BCUT2D eigenvalue weighted by atomic mass is 32.2. The Kier molecular flexibility index (Phi) is 9.33. The van der Waals surface area contributed by atoms with Gasteiger partial charge >= 0.3 is 0 Å². The van der Waals surface area contributed by atoms with E-state index in [4.69, 9.17) is 0 Å². The lowest BCUT2D eigenvalue weighted by Gasteiger charge is -2.36. The molecule has 0 aromatic heterocycles. The van der Waals surface area contributed by atoms with Crippen molar-refractivity contribution in [1.29, 1.82) is 0 Å². The van der Waals surface area contributed by atoms with Gasteiger partial charge in [-0.05, 0) is 41.9 Å². The lowest BCUT2D eigenvalue weighted by Crippen LogP contribution is -2.48. The molecular formula is C25H42N4O3S. The fourth-order valence-electron chi connectivity index (χ4n) is 5.05. The van der Waals surface area contributed by atoms with Crippen molar-refractivity contribution in [2.45, 2.75) is 51.3 Å². The van der Waals surface area contributed by atoms with Crippen LogP contribution in [0.5, 0.6) is 0 Å². The number of likely N-dealkylation sites (tertiary alicyclic amines) is 1. The molecule has 0 spiro atoms. The summed E-state index contributed by atoms with van der Waals surface area (Å²) in [6, 6.07) is 7.22. The fourth-order valence-corrected chi connectivity index (χ4v) is 6.48. The van der Waals surface area contributed by atoms with E-state index < -0.39 is 10.0 Å². The number of nitrogens with one attached hydrogen (secondary N) is 1. The molecule has 0 radical (unpaired) electrons. The van der Waals surface area contributed by atoms with Crippen LogP contribution < -0.4 is 5.32 Å². The topological polar surface area (TPSA) is 73.0 Å². The molecule has 0 bridgehead atoms. The van der Waals surface area contributed by atoms with Crippen LogP contribution in [0.1, 0.15) is 52.0 Å². The van der Waals surface area contributed by atoms with Gasteiger partial charge in [0.2, 0.25) is 15.9 Å². The van der Waals surface area contributed by atoms with Crippen LogP contribution in [0.25, 0.3) is 0 Å². The Bertz CT molecular complexity index is 856. The summed E-state index contributed by atoms with van der Waals surface area (Å²) in [6.07, 6.45) is 1.44. The van der Waals surface area contributed by atoms with Gasteiger partial charge in [0, 0.05) is 65.3 Å². The number of piperidine rings is 1. The number of amides is 1. The first kappa shape index (κ1) is 26.1. The second-order valence-electron chi connectivity index (χ2n) is 10.2. The van der Waals surface area contributed by atoms with Gasteiger partial charge in [-0.1, -0.05) is 39.8 Å². The normalized spacial score (nSPS) is 22.8. The van der Waals surface area contributed by atoms with Gasteiger partial charge in [-0.25, -0.2) is 8.42 Å². The highest BCUT2D eigenvalue weighted by molar-refractivity contribution is 7.89. The molecule has 0 aliphatic carbocycles. The number of rotatable bonds is 9. The van der Waals surface area contributed by atoms with Crippen LogP contribution in [0.2, 0.25) is 0 Å². The van der Waals surface area contributed by atoms with E-state index in [1.807, 2.05) is 17.0 Å². The average molecular weight is 479 g/mol. The first-order chi connectivity index (χ1) is 15.7. The summed E-state index contributed by atoms with van der Waals surface area (Å²) in [7, 11) is -3.67. The van der Waals surface area contributed by atoms with E-state index in [2.05, 4.69) is 37.9 Å². The molecule has 1 amide bonds. The highest BCUT2D eigenvalue weighted by Crippen LogP contribution is 2.23. The molecule has 2 aliphatic heterocycles. The minimum Gasteiger partial charge on any atom is -0.340 e. The molecule has 1 aromatic rings. The number of sulfonamides is 1. The van der Waals surface area contributed by atoms with Crippen molar-refractivity contribution in [2.75, 3.05) is 58.9 Å². The molecule has 186 valence electrons. The number of nitrogens with zero attached hydrogens (tertiary/aromatic N) is 3.